The molecule has 0 saturated heterocycles. The third-order valence-electron chi connectivity index (χ3n) is 1.01. The molecular weight excluding hydrogens is 127 g/mol. The summed E-state index contributed by atoms with van der Waals surface area (Å²) in [5, 5.41) is 0. The Hall–Kier alpha value is -1.03. The topological polar surface area (TPSA) is 0 Å². The van der Waals surface area contributed by atoms with Crippen LogP contribution in [0.1, 0.15) is 13.3 Å². The molecule has 0 aromatic carbocycles. The van der Waals surface area contributed by atoms with E-state index in [1.54, 1.807) is 6.08 Å². The highest BCUT2D eigenvalue weighted by Gasteiger charge is 1.78. The van der Waals surface area contributed by atoms with Gasteiger partial charge in [0.1, 0.15) is 6.67 Å². The lowest BCUT2D eigenvalue weighted by Crippen LogP contribution is -1.69. The summed E-state index contributed by atoms with van der Waals surface area (Å²) >= 11 is 0. The maximum Gasteiger partial charge on any atom is 0.108 e. The molecule has 0 aliphatic heterocycles. The summed E-state index contributed by atoms with van der Waals surface area (Å²) < 4.78 is 11.5. The lowest BCUT2D eigenvalue weighted by Gasteiger charge is -1.86. The van der Waals surface area contributed by atoms with E-state index in [1.807, 2.05) is 13.0 Å². The molecule has 0 heterocycles. The first-order valence-corrected chi connectivity index (χ1v) is 3.14. The molecule has 0 atom stereocenters. The van der Waals surface area contributed by atoms with Gasteiger partial charge in [0.2, 0.25) is 0 Å². The Bertz CT molecular complexity index is 170. The van der Waals surface area contributed by atoms with Crippen LogP contribution in [0.3, 0.4) is 0 Å². The average molecular weight is 138 g/mol. The van der Waals surface area contributed by atoms with Gasteiger partial charge in [-0.25, -0.2) is 4.39 Å². The van der Waals surface area contributed by atoms with Gasteiger partial charge in [-0.3, -0.25) is 0 Å². The van der Waals surface area contributed by atoms with Crippen molar-refractivity contribution in [3.05, 3.63) is 23.8 Å². The van der Waals surface area contributed by atoms with E-state index in [0.29, 0.717) is 6.42 Å². The second kappa shape index (κ2) is 6.10. The van der Waals surface area contributed by atoms with E-state index < -0.39 is 6.67 Å². The molecule has 54 valence electrons. The Morgan fingerprint density at radius 1 is 1.70 bits per heavy atom. The van der Waals surface area contributed by atoms with Gasteiger partial charge in [-0.2, -0.15) is 0 Å². The van der Waals surface area contributed by atoms with Gasteiger partial charge in [0, 0.05) is 6.42 Å². The Morgan fingerprint density at radius 2 is 2.40 bits per heavy atom. The summed E-state index contributed by atoms with van der Waals surface area (Å²) in [6, 6.07) is 0. The zero-order valence-corrected chi connectivity index (χ0v) is 6.10. The van der Waals surface area contributed by atoms with Crippen LogP contribution in [0.2, 0.25) is 0 Å². The van der Waals surface area contributed by atoms with Crippen molar-refractivity contribution in [3.63, 3.8) is 0 Å². The highest BCUT2D eigenvalue weighted by atomic mass is 19.1. The molecule has 0 spiro atoms. The van der Waals surface area contributed by atoms with Crippen LogP contribution in [0.25, 0.3) is 0 Å². The predicted molar refractivity (Wildman–Crippen MR) is 42.3 cm³/mol. The predicted octanol–water partition coefficient (Wildman–Crippen LogP) is 2.48. The number of alkyl halides is 1. The van der Waals surface area contributed by atoms with E-state index in [4.69, 9.17) is 6.42 Å². The summed E-state index contributed by atoms with van der Waals surface area (Å²) in [6.45, 7) is 1.48. The maximum absolute atomic E-state index is 11.5. The van der Waals surface area contributed by atoms with Crippen molar-refractivity contribution < 1.29 is 4.39 Å². The third kappa shape index (κ3) is 5.11. The summed E-state index contributed by atoms with van der Waals surface area (Å²) in [5.41, 5.74) is 1.01. The quantitative estimate of drug-likeness (QED) is 0.415. The van der Waals surface area contributed by atoms with E-state index in [9.17, 15) is 4.39 Å². The molecule has 10 heavy (non-hydrogen) atoms. The van der Waals surface area contributed by atoms with E-state index in [0.717, 1.165) is 5.57 Å². The Kier molecular flexibility index (Phi) is 5.47. The van der Waals surface area contributed by atoms with Crippen LogP contribution >= 0.6 is 0 Å². The molecule has 1 heteroatoms. The van der Waals surface area contributed by atoms with Gasteiger partial charge in [0.25, 0.3) is 0 Å². The molecule has 0 unspecified atom stereocenters. The second-order valence-corrected chi connectivity index (χ2v) is 1.91. The van der Waals surface area contributed by atoms with E-state index >= 15 is 0 Å². The standard InChI is InChI=1S/C9H11F/c1-3-4-6-9(2)7-5-8-10/h1,5-7H,4,8H2,2H3/b7-5-,9-6-. The molecule has 0 bridgehead atoms. The van der Waals surface area contributed by atoms with Gasteiger partial charge < -0.3 is 0 Å². The molecule has 0 rings (SSSR count). The van der Waals surface area contributed by atoms with Crippen LogP contribution in [0.5, 0.6) is 0 Å². The first kappa shape index (κ1) is 8.97. The van der Waals surface area contributed by atoms with Crippen molar-refractivity contribution >= 4 is 0 Å². The van der Waals surface area contributed by atoms with Gasteiger partial charge in [0.05, 0.1) is 0 Å². The third-order valence-corrected chi connectivity index (χ3v) is 1.01. The van der Waals surface area contributed by atoms with Gasteiger partial charge >= 0.3 is 0 Å². The molecule has 0 amide bonds. The van der Waals surface area contributed by atoms with Gasteiger partial charge in [-0.1, -0.05) is 23.8 Å². The number of hydrogen-bond acceptors (Lipinski definition) is 0. The number of hydrogen-bond donors (Lipinski definition) is 0. The Morgan fingerprint density at radius 3 is 2.90 bits per heavy atom. The summed E-state index contributed by atoms with van der Waals surface area (Å²) in [6.07, 6.45) is 10.7. The van der Waals surface area contributed by atoms with Crippen molar-refractivity contribution in [2.45, 2.75) is 13.3 Å². The molecule has 0 saturated carbocycles. The van der Waals surface area contributed by atoms with E-state index in [-0.39, 0.29) is 0 Å². The Balaban J connectivity index is 3.72. The molecule has 0 aromatic rings. The molecular formula is C9H11F. The number of rotatable bonds is 3. The lowest BCUT2D eigenvalue weighted by atomic mass is 10.2. The number of terminal acetylenes is 1. The van der Waals surface area contributed by atoms with Crippen molar-refractivity contribution in [2.75, 3.05) is 6.67 Å². The van der Waals surface area contributed by atoms with Gasteiger partial charge in [-0.05, 0) is 6.92 Å². The normalized spacial score (nSPS) is 11.9. The van der Waals surface area contributed by atoms with Crippen molar-refractivity contribution in [3.8, 4) is 12.3 Å². The summed E-state index contributed by atoms with van der Waals surface area (Å²) in [5.74, 6) is 2.47. The monoisotopic (exact) mass is 138 g/mol. The fourth-order valence-corrected chi connectivity index (χ4v) is 0.518. The SMILES string of the molecule is C#CC/C=C(C)\C=C/CF. The van der Waals surface area contributed by atoms with Crippen LogP contribution in [-0.2, 0) is 0 Å². The molecule has 0 aromatic heterocycles. The summed E-state index contributed by atoms with van der Waals surface area (Å²) in [7, 11) is 0. The van der Waals surface area contributed by atoms with Crippen molar-refractivity contribution in [1.29, 1.82) is 0 Å². The summed E-state index contributed by atoms with van der Waals surface area (Å²) in [4.78, 5) is 0. The van der Waals surface area contributed by atoms with Crippen LogP contribution < -0.4 is 0 Å². The van der Waals surface area contributed by atoms with Crippen LogP contribution in [0, 0.1) is 12.3 Å². The largest absolute Gasteiger partial charge is 0.247 e. The zero-order chi connectivity index (χ0) is 7.82. The first-order valence-electron chi connectivity index (χ1n) is 3.14. The van der Waals surface area contributed by atoms with Gasteiger partial charge in [0.15, 0.2) is 0 Å². The van der Waals surface area contributed by atoms with Crippen LogP contribution in [-0.4, -0.2) is 6.67 Å². The molecule has 0 fully saturated rings. The van der Waals surface area contributed by atoms with Crippen molar-refractivity contribution in [2.24, 2.45) is 0 Å². The second-order valence-electron chi connectivity index (χ2n) is 1.91. The van der Waals surface area contributed by atoms with Gasteiger partial charge in [-0.15, -0.1) is 12.3 Å². The van der Waals surface area contributed by atoms with Crippen LogP contribution in [0.4, 0.5) is 4.39 Å². The minimum atomic E-state index is -0.415. The zero-order valence-electron chi connectivity index (χ0n) is 6.10. The highest BCUT2D eigenvalue weighted by Crippen LogP contribution is 1.96. The van der Waals surface area contributed by atoms with Crippen molar-refractivity contribution in [1.82, 2.24) is 0 Å². The maximum atomic E-state index is 11.5. The molecule has 0 nitrogen and oxygen atoms in total. The molecule has 0 radical (unpaired) electrons. The molecule has 0 aliphatic rings. The van der Waals surface area contributed by atoms with E-state index in [2.05, 4.69) is 5.92 Å². The molecule has 0 aliphatic carbocycles. The minimum absolute atomic E-state index is 0.415. The molecule has 0 N–H and O–H groups in total. The fraction of sp³-hybridized carbons (Fsp3) is 0.333. The highest BCUT2D eigenvalue weighted by molar-refractivity contribution is 5.17. The Labute approximate surface area is 61.4 Å². The smallest absolute Gasteiger partial charge is 0.108 e. The minimum Gasteiger partial charge on any atom is -0.247 e. The first-order chi connectivity index (χ1) is 4.81. The van der Waals surface area contributed by atoms with Crippen LogP contribution in [0.15, 0.2) is 23.8 Å². The number of allylic oxidation sites excluding steroid dienone is 4. The number of halogens is 1. The average Bonchev–Trinajstić information content (AvgIpc) is 1.97. The fourth-order valence-electron chi connectivity index (χ4n) is 0.518. The van der Waals surface area contributed by atoms with E-state index in [1.165, 1.54) is 6.08 Å². The lowest BCUT2D eigenvalue weighted by molar-refractivity contribution is 0.561.